The first-order valence-corrected chi connectivity index (χ1v) is 12.3. The van der Waals surface area contributed by atoms with E-state index in [1.54, 1.807) is 0 Å². The molecule has 2 aromatic heterocycles. The summed E-state index contributed by atoms with van der Waals surface area (Å²) < 4.78 is 131. The number of hydrogen-bond acceptors (Lipinski definition) is 6. The number of benzene rings is 1. The van der Waals surface area contributed by atoms with Crippen LogP contribution in [0.3, 0.4) is 0 Å². The maximum Gasteiger partial charge on any atom is 0.459 e. The Morgan fingerprint density at radius 1 is 1.11 bits per heavy atom. The number of aromatic nitrogens is 5. The van der Waals surface area contributed by atoms with Gasteiger partial charge in [0.15, 0.2) is 21.3 Å². The van der Waals surface area contributed by atoms with Gasteiger partial charge in [0.1, 0.15) is 11.3 Å². The number of aryl methyl sites for hydroxylation is 1. The van der Waals surface area contributed by atoms with Gasteiger partial charge in [0.05, 0.1) is 34.3 Å². The third-order valence-electron chi connectivity index (χ3n) is 5.42. The molecule has 3 heterocycles. The highest BCUT2D eigenvalue weighted by molar-refractivity contribution is 7.92. The predicted molar refractivity (Wildman–Crippen MR) is 113 cm³/mol. The number of rotatable bonds is 5. The largest absolute Gasteiger partial charge is 0.459 e. The van der Waals surface area contributed by atoms with Gasteiger partial charge < -0.3 is 5.32 Å². The molecule has 1 aromatic carbocycles. The quantitative estimate of drug-likeness (QED) is 0.454. The van der Waals surface area contributed by atoms with Crippen LogP contribution in [0.2, 0.25) is 5.02 Å². The minimum absolute atomic E-state index is 0.0589. The highest BCUT2D eigenvalue weighted by atomic mass is 35.5. The molecule has 1 aliphatic rings. The zero-order valence-electron chi connectivity index (χ0n) is 18.6. The van der Waals surface area contributed by atoms with Crippen LogP contribution in [-0.4, -0.2) is 62.8 Å². The molecule has 0 aliphatic carbocycles. The first kappa shape index (κ1) is 27.7. The van der Waals surface area contributed by atoms with Crippen molar-refractivity contribution in [3.8, 4) is 17.1 Å². The smallest absolute Gasteiger partial charge is 0.347 e. The Balaban J connectivity index is 1.73. The third kappa shape index (κ3) is 4.93. The first-order chi connectivity index (χ1) is 17.3. The Labute approximate surface area is 212 Å². The number of amides is 1. The third-order valence-corrected chi connectivity index (χ3v) is 7.57. The van der Waals surface area contributed by atoms with E-state index in [4.69, 9.17) is 11.6 Å². The van der Waals surface area contributed by atoms with Crippen molar-refractivity contribution in [3.05, 3.63) is 46.2 Å². The second kappa shape index (κ2) is 8.89. The van der Waals surface area contributed by atoms with E-state index >= 15 is 0 Å². The van der Waals surface area contributed by atoms with Gasteiger partial charge in [0, 0.05) is 12.6 Å². The van der Waals surface area contributed by atoms with E-state index in [1.807, 2.05) is 0 Å². The summed E-state index contributed by atoms with van der Waals surface area (Å²) in [5.74, 6) is -8.50. The molecule has 0 spiro atoms. The van der Waals surface area contributed by atoms with Gasteiger partial charge >= 0.3 is 18.3 Å². The van der Waals surface area contributed by atoms with E-state index < -0.39 is 57.1 Å². The van der Waals surface area contributed by atoms with E-state index in [0.717, 1.165) is 12.3 Å². The topological polar surface area (TPSA) is 112 Å². The van der Waals surface area contributed by atoms with E-state index in [9.17, 15) is 48.3 Å². The lowest BCUT2D eigenvalue weighted by molar-refractivity contribution is -0.292. The minimum Gasteiger partial charge on any atom is -0.347 e. The number of nitrogens with one attached hydrogen (secondary N) is 1. The molecule has 1 aliphatic heterocycles. The average Bonchev–Trinajstić information content (AvgIpc) is 3.36. The van der Waals surface area contributed by atoms with Gasteiger partial charge in [-0.1, -0.05) is 22.9 Å². The van der Waals surface area contributed by atoms with E-state index in [-0.39, 0.29) is 38.0 Å². The maximum atomic E-state index is 13.9. The van der Waals surface area contributed by atoms with Crippen molar-refractivity contribution >= 4 is 27.3 Å². The van der Waals surface area contributed by atoms with Crippen LogP contribution in [-0.2, 0) is 29.0 Å². The van der Waals surface area contributed by atoms with E-state index in [0.29, 0.717) is 11.7 Å². The Morgan fingerprint density at radius 3 is 2.29 bits per heavy atom. The van der Waals surface area contributed by atoms with Gasteiger partial charge in [0.25, 0.3) is 5.91 Å². The van der Waals surface area contributed by atoms with Gasteiger partial charge in [0.2, 0.25) is 0 Å². The Morgan fingerprint density at radius 2 is 1.74 bits per heavy atom. The summed E-state index contributed by atoms with van der Waals surface area (Å²) in [6.45, 7) is 0. The van der Waals surface area contributed by atoms with Gasteiger partial charge in [-0.05, 0) is 12.1 Å². The van der Waals surface area contributed by atoms with E-state index in [1.165, 1.54) is 12.1 Å². The molecule has 1 N–H and O–H groups in total. The van der Waals surface area contributed by atoms with Gasteiger partial charge in [-0.3, -0.25) is 4.79 Å². The van der Waals surface area contributed by atoms with Gasteiger partial charge in [-0.15, -0.1) is 5.10 Å². The molecular formula is C19H13ClF8N6O3S. The Kier molecular flexibility index (Phi) is 6.49. The molecule has 0 bridgehead atoms. The molecule has 206 valence electrons. The van der Waals surface area contributed by atoms with Crippen molar-refractivity contribution in [2.24, 2.45) is 7.05 Å². The number of alkyl halides is 8. The second-order valence-corrected chi connectivity index (χ2v) is 10.8. The second-order valence-electron chi connectivity index (χ2n) is 8.23. The zero-order chi connectivity index (χ0) is 28.4. The van der Waals surface area contributed by atoms with Crippen LogP contribution in [0.5, 0.6) is 0 Å². The normalized spacial score (nSPS) is 16.4. The van der Waals surface area contributed by atoms with Crippen molar-refractivity contribution in [2.45, 2.75) is 24.3 Å². The summed E-state index contributed by atoms with van der Waals surface area (Å²) in [4.78, 5) is 12.5. The van der Waals surface area contributed by atoms with Crippen molar-refractivity contribution in [3.63, 3.8) is 0 Å². The lowest BCUT2D eigenvalue weighted by Crippen LogP contribution is -2.52. The zero-order valence-corrected chi connectivity index (χ0v) is 20.1. The highest BCUT2D eigenvalue weighted by Crippen LogP contribution is 2.49. The molecule has 0 saturated carbocycles. The number of carbonyl (C=O) groups excluding carboxylic acids is 1. The molecule has 1 amide bonds. The number of halogens is 9. The average molecular weight is 593 g/mol. The summed E-state index contributed by atoms with van der Waals surface area (Å²) in [6, 6.07) is 3.03. The van der Waals surface area contributed by atoms with Crippen LogP contribution in [0.4, 0.5) is 35.1 Å². The fourth-order valence-electron chi connectivity index (χ4n) is 3.66. The van der Waals surface area contributed by atoms with Crippen LogP contribution in [0, 0.1) is 0 Å². The molecule has 19 heteroatoms. The minimum atomic E-state index is -6.36. The molecule has 4 rings (SSSR count). The molecule has 1 fully saturated rings. The predicted octanol–water partition coefficient (Wildman–Crippen LogP) is 3.52. The van der Waals surface area contributed by atoms with Crippen LogP contribution in [0.1, 0.15) is 21.6 Å². The van der Waals surface area contributed by atoms with Crippen LogP contribution >= 0.6 is 11.6 Å². The molecule has 0 radical (unpaired) electrons. The molecule has 0 unspecified atom stereocenters. The summed E-state index contributed by atoms with van der Waals surface area (Å²) in [5, 5.41) is 12.2. The number of sulfone groups is 1. The van der Waals surface area contributed by atoms with Gasteiger partial charge in [-0.25, -0.2) is 17.8 Å². The molecular weight excluding hydrogens is 580 g/mol. The number of nitrogens with zero attached hydrogens (tertiary/aromatic N) is 5. The fraction of sp³-hybridized carbons (Fsp3) is 0.368. The monoisotopic (exact) mass is 592 g/mol. The van der Waals surface area contributed by atoms with Crippen molar-refractivity contribution in [1.29, 1.82) is 0 Å². The Hall–Kier alpha value is -3.28. The SMILES string of the molecule is Cn1nc(C(F)(F)C(F)(F)F)c(C(F)(F)F)c1-n1cc(-c2ccc(Cl)c(C(=O)NC3CS(=O)(=O)C3)c2)nn1. The first-order valence-electron chi connectivity index (χ1n) is 10.1. The summed E-state index contributed by atoms with van der Waals surface area (Å²) in [7, 11) is -2.53. The van der Waals surface area contributed by atoms with Crippen molar-refractivity contribution < 1.29 is 48.3 Å². The summed E-state index contributed by atoms with van der Waals surface area (Å²) in [5.41, 5.74) is -5.23. The number of carbonyl (C=O) groups is 1. The lowest BCUT2D eigenvalue weighted by Gasteiger charge is -2.26. The van der Waals surface area contributed by atoms with Crippen LogP contribution in [0.15, 0.2) is 24.4 Å². The van der Waals surface area contributed by atoms with Gasteiger partial charge in [-0.2, -0.15) is 40.2 Å². The summed E-state index contributed by atoms with van der Waals surface area (Å²) in [6.07, 6.45) is -11.3. The molecule has 0 atom stereocenters. The van der Waals surface area contributed by atoms with Crippen molar-refractivity contribution in [2.75, 3.05) is 11.5 Å². The molecule has 38 heavy (non-hydrogen) atoms. The summed E-state index contributed by atoms with van der Waals surface area (Å²) >= 11 is 6.03. The van der Waals surface area contributed by atoms with Crippen molar-refractivity contribution in [1.82, 2.24) is 30.1 Å². The number of hydrogen-bond donors (Lipinski definition) is 1. The molecule has 9 nitrogen and oxygen atoms in total. The Bertz CT molecular complexity index is 1520. The maximum absolute atomic E-state index is 13.9. The lowest BCUT2D eigenvalue weighted by atomic mass is 10.1. The molecule has 1 saturated heterocycles. The molecule has 3 aromatic rings. The van der Waals surface area contributed by atoms with Crippen LogP contribution in [0.25, 0.3) is 17.1 Å². The van der Waals surface area contributed by atoms with Crippen LogP contribution < -0.4 is 5.32 Å². The highest BCUT2D eigenvalue weighted by Gasteiger charge is 2.64. The fourth-order valence-corrected chi connectivity index (χ4v) is 5.16. The standard InChI is InChI=1S/C19H13ClF8N6O3S/c1-33-16(13(18(23,24)25)14(31-33)17(21,22)19(26,27)28)34-5-12(30-32-34)8-2-3-11(20)10(4-8)15(35)29-9-6-38(36,37)7-9/h2-5,9H,6-7H2,1H3,(H,29,35). The van der Waals surface area contributed by atoms with E-state index in [2.05, 4.69) is 20.7 Å².